The maximum atomic E-state index is 13.0. The molecule has 0 radical (unpaired) electrons. The molecule has 3 N–H and O–H groups in total. The number of urea groups is 1. The molecular weight excluding hydrogens is 278 g/mol. The summed E-state index contributed by atoms with van der Waals surface area (Å²) in [5.74, 6) is -3.30. The summed E-state index contributed by atoms with van der Waals surface area (Å²) < 4.78 is 26.0. The highest BCUT2D eigenvalue weighted by molar-refractivity contribution is 7.98. The fourth-order valence-electron chi connectivity index (χ4n) is 1.26. The normalized spacial score (nSPS) is 10.1. The second-order valence-corrected chi connectivity index (χ2v) is 4.48. The van der Waals surface area contributed by atoms with E-state index in [1.807, 2.05) is 6.26 Å². The number of carboxylic acid groups (broad SMARTS) is 1. The minimum atomic E-state index is -1.46. The predicted octanol–water partition coefficient (Wildman–Crippen LogP) is 2.15. The van der Waals surface area contributed by atoms with E-state index in [4.69, 9.17) is 5.11 Å². The van der Waals surface area contributed by atoms with Gasteiger partial charge < -0.3 is 15.7 Å². The molecule has 0 heterocycles. The molecule has 0 spiro atoms. The van der Waals surface area contributed by atoms with E-state index in [0.717, 1.165) is 0 Å². The largest absolute Gasteiger partial charge is 0.478 e. The fourth-order valence-corrected chi connectivity index (χ4v) is 1.57. The van der Waals surface area contributed by atoms with Gasteiger partial charge in [0.2, 0.25) is 0 Å². The van der Waals surface area contributed by atoms with Crippen LogP contribution in [0.2, 0.25) is 0 Å². The Kier molecular flexibility index (Phi) is 5.56. The zero-order valence-electron chi connectivity index (χ0n) is 10.00. The maximum absolute atomic E-state index is 13.0. The molecule has 0 atom stereocenters. The first-order valence-electron chi connectivity index (χ1n) is 5.21. The summed E-state index contributed by atoms with van der Waals surface area (Å²) >= 11 is 1.52. The lowest BCUT2D eigenvalue weighted by Crippen LogP contribution is -2.31. The van der Waals surface area contributed by atoms with E-state index in [-0.39, 0.29) is 5.69 Å². The minimum absolute atomic E-state index is 0.298. The number of hydrogen-bond acceptors (Lipinski definition) is 3. The van der Waals surface area contributed by atoms with Crippen molar-refractivity contribution in [2.24, 2.45) is 0 Å². The Morgan fingerprint density at radius 1 is 1.32 bits per heavy atom. The molecule has 0 aliphatic carbocycles. The number of carbonyl (C=O) groups is 2. The van der Waals surface area contributed by atoms with Crippen LogP contribution in [-0.4, -0.2) is 35.7 Å². The number of benzene rings is 1. The molecule has 0 bridgehead atoms. The van der Waals surface area contributed by atoms with Crippen molar-refractivity contribution in [2.75, 3.05) is 23.9 Å². The summed E-state index contributed by atoms with van der Waals surface area (Å²) in [6.07, 6.45) is 1.86. The van der Waals surface area contributed by atoms with Gasteiger partial charge in [-0.2, -0.15) is 11.8 Å². The van der Waals surface area contributed by atoms with Crippen LogP contribution in [0.25, 0.3) is 0 Å². The van der Waals surface area contributed by atoms with Crippen molar-refractivity contribution >= 4 is 29.4 Å². The van der Waals surface area contributed by atoms with Crippen LogP contribution in [0.4, 0.5) is 19.3 Å². The highest BCUT2D eigenvalue weighted by Gasteiger charge is 2.16. The van der Waals surface area contributed by atoms with Crippen LogP contribution in [0.1, 0.15) is 10.4 Å². The SMILES string of the molecule is CSCCNC(=O)Nc1cc(F)c(F)cc1C(=O)O. The molecule has 0 fully saturated rings. The van der Waals surface area contributed by atoms with Gasteiger partial charge in [-0.05, 0) is 12.3 Å². The Balaban J connectivity index is 2.84. The van der Waals surface area contributed by atoms with Gasteiger partial charge in [0, 0.05) is 18.4 Å². The Morgan fingerprint density at radius 2 is 1.95 bits per heavy atom. The van der Waals surface area contributed by atoms with E-state index < -0.39 is 29.2 Å². The monoisotopic (exact) mass is 290 g/mol. The molecular formula is C11H12F2N2O3S. The third-order valence-corrected chi connectivity index (χ3v) is 2.74. The zero-order valence-corrected chi connectivity index (χ0v) is 10.8. The number of carbonyl (C=O) groups excluding carboxylic acids is 1. The molecule has 0 aliphatic rings. The van der Waals surface area contributed by atoms with Crippen LogP contribution >= 0.6 is 11.8 Å². The van der Waals surface area contributed by atoms with Gasteiger partial charge in [-0.1, -0.05) is 0 Å². The number of halogens is 2. The van der Waals surface area contributed by atoms with Gasteiger partial charge in [-0.3, -0.25) is 0 Å². The zero-order chi connectivity index (χ0) is 14.4. The van der Waals surface area contributed by atoms with Crippen LogP contribution in [0.3, 0.4) is 0 Å². The summed E-state index contributed by atoms with van der Waals surface area (Å²) in [7, 11) is 0. The van der Waals surface area contributed by atoms with E-state index in [2.05, 4.69) is 10.6 Å². The average Bonchev–Trinajstić information content (AvgIpc) is 2.33. The second-order valence-electron chi connectivity index (χ2n) is 3.49. The first-order chi connectivity index (χ1) is 8.95. The van der Waals surface area contributed by atoms with Crippen molar-refractivity contribution in [3.8, 4) is 0 Å². The highest BCUT2D eigenvalue weighted by atomic mass is 32.2. The molecule has 0 saturated carbocycles. The van der Waals surface area contributed by atoms with Crippen molar-refractivity contribution < 1.29 is 23.5 Å². The Labute approximate surface area is 112 Å². The lowest BCUT2D eigenvalue weighted by molar-refractivity contribution is 0.0697. The van der Waals surface area contributed by atoms with Crippen molar-refractivity contribution in [1.82, 2.24) is 5.32 Å². The number of amides is 2. The minimum Gasteiger partial charge on any atom is -0.478 e. The summed E-state index contributed by atoms with van der Waals surface area (Å²) in [6, 6.07) is 0.477. The highest BCUT2D eigenvalue weighted by Crippen LogP contribution is 2.20. The number of rotatable bonds is 5. The number of thioether (sulfide) groups is 1. The first-order valence-corrected chi connectivity index (χ1v) is 6.61. The van der Waals surface area contributed by atoms with Gasteiger partial charge in [0.25, 0.3) is 0 Å². The molecule has 0 aliphatic heterocycles. The van der Waals surface area contributed by atoms with Gasteiger partial charge in [0.15, 0.2) is 11.6 Å². The first kappa shape index (κ1) is 15.2. The Hall–Kier alpha value is -1.83. The van der Waals surface area contributed by atoms with Crippen molar-refractivity contribution in [3.05, 3.63) is 29.3 Å². The van der Waals surface area contributed by atoms with Gasteiger partial charge in [0.05, 0.1) is 11.3 Å². The average molecular weight is 290 g/mol. The molecule has 104 valence electrons. The quantitative estimate of drug-likeness (QED) is 0.726. The standard InChI is InChI=1S/C11H12F2N2O3S/c1-19-3-2-14-11(18)15-9-5-8(13)7(12)4-6(9)10(16)17/h4-5H,2-3H2,1H3,(H,16,17)(H2,14,15,18). The molecule has 1 aromatic carbocycles. The fraction of sp³-hybridized carbons (Fsp3) is 0.273. The van der Waals surface area contributed by atoms with Gasteiger partial charge >= 0.3 is 12.0 Å². The number of nitrogens with one attached hydrogen (secondary N) is 2. The van der Waals surface area contributed by atoms with Crippen LogP contribution in [0, 0.1) is 11.6 Å². The lowest BCUT2D eigenvalue weighted by Gasteiger charge is -2.10. The molecule has 2 amide bonds. The number of anilines is 1. The van der Waals surface area contributed by atoms with Crippen LogP contribution in [-0.2, 0) is 0 Å². The van der Waals surface area contributed by atoms with Crippen LogP contribution < -0.4 is 10.6 Å². The molecule has 0 saturated heterocycles. The van der Waals surface area contributed by atoms with Gasteiger partial charge in [-0.15, -0.1) is 0 Å². The van der Waals surface area contributed by atoms with E-state index >= 15 is 0 Å². The Bertz CT molecular complexity index is 497. The predicted molar refractivity (Wildman–Crippen MR) is 68.7 cm³/mol. The maximum Gasteiger partial charge on any atom is 0.337 e. The molecule has 19 heavy (non-hydrogen) atoms. The van der Waals surface area contributed by atoms with Crippen LogP contribution in [0.15, 0.2) is 12.1 Å². The van der Waals surface area contributed by atoms with E-state index in [1.54, 1.807) is 0 Å². The number of aromatic carboxylic acids is 1. The summed E-state index contributed by atoms with van der Waals surface area (Å²) in [5.41, 5.74) is -0.813. The van der Waals surface area contributed by atoms with Crippen LogP contribution in [0.5, 0.6) is 0 Å². The molecule has 5 nitrogen and oxygen atoms in total. The van der Waals surface area contributed by atoms with Crippen molar-refractivity contribution in [3.63, 3.8) is 0 Å². The van der Waals surface area contributed by atoms with Gasteiger partial charge in [0.1, 0.15) is 0 Å². The summed E-state index contributed by atoms with van der Waals surface area (Å²) in [6.45, 7) is 0.374. The van der Waals surface area contributed by atoms with Crippen molar-refractivity contribution in [2.45, 2.75) is 0 Å². The van der Waals surface area contributed by atoms with Gasteiger partial charge in [-0.25, -0.2) is 18.4 Å². The number of hydrogen-bond donors (Lipinski definition) is 3. The molecule has 1 rings (SSSR count). The van der Waals surface area contributed by atoms with E-state index in [1.165, 1.54) is 11.8 Å². The molecule has 1 aromatic rings. The number of carboxylic acids is 1. The molecule has 0 unspecified atom stereocenters. The third-order valence-electron chi connectivity index (χ3n) is 2.13. The Morgan fingerprint density at radius 3 is 2.53 bits per heavy atom. The lowest BCUT2D eigenvalue weighted by atomic mass is 10.1. The smallest absolute Gasteiger partial charge is 0.337 e. The summed E-state index contributed by atoms with van der Waals surface area (Å²) in [4.78, 5) is 22.3. The van der Waals surface area contributed by atoms with E-state index in [0.29, 0.717) is 24.4 Å². The third kappa shape index (κ3) is 4.40. The summed E-state index contributed by atoms with van der Waals surface area (Å²) in [5, 5.41) is 13.5. The topological polar surface area (TPSA) is 78.4 Å². The van der Waals surface area contributed by atoms with Crippen molar-refractivity contribution in [1.29, 1.82) is 0 Å². The second kappa shape index (κ2) is 6.93. The molecule has 8 heteroatoms. The van der Waals surface area contributed by atoms with E-state index in [9.17, 15) is 18.4 Å². The molecule has 0 aromatic heterocycles.